The van der Waals surface area contributed by atoms with Crippen LogP contribution in [-0.2, 0) is 63.0 Å². The van der Waals surface area contributed by atoms with Gasteiger partial charge in [0, 0.05) is 12.2 Å². The minimum atomic E-state index is -4.48. The first kappa shape index (κ1) is 50.2. The van der Waals surface area contributed by atoms with Gasteiger partial charge in [-0.1, -0.05) is 18.2 Å². The van der Waals surface area contributed by atoms with Crippen LogP contribution < -0.4 is 10.6 Å². The summed E-state index contributed by atoms with van der Waals surface area (Å²) in [5, 5.41) is 5.87. The zero-order valence-corrected chi connectivity index (χ0v) is 33.0. The van der Waals surface area contributed by atoms with E-state index in [9.17, 15) is 18.0 Å². The molecule has 0 saturated heterocycles. The number of halogens is 3. The number of ether oxygens (including phenoxy) is 12. The molecule has 2 aromatic carbocycles. The van der Waals surface area contributed by atoms with Crippen molar-refractivity contribution in [3.05, 3.63) is 59.7 Å². The molecule has 57 heavy (non-hydrogen) atoms. The number of esters is 1. The lowest BCUT2D eigenvalue weighted by Gasteiger charge is -2.13. The molecule has 18 heteroatoms. The van der Waals surface area contributed by atoms with Crippen molar-refractivity contribution in [2.45, 2.75) is 6.18 Å². The molecule has 0 aliphatic heterocycles. The molecule has 15 nitrogen and oxygen atoms in total. The number of anilines is 2. The van der Waals surface area contributed by atoms with Crippen molar-refractivity contribution in [1.29, 1.82) is 0 Å². The zero-order valence-electron chi connectivity index (χ0n) is 33.0. The molecule has 0 amide bonds. The van der Waals surface area contributed by atoms with Gasteiger partial charge in [-0.25, -0.2) is 4.79 Å². The first-order valence-corrected chi connectivity index (χ1v) is 19.1. The fourth-order valence-corrected chi connectivity index (χ4v) is 4.45. The van der Waals surface area contributed by atoms with Gasteiger partial charge in [0.1, 0.15) is 6.61 Å². The number of carbonyl (C=O) groups excluding carboxylic acids is 1. The van der Waals surface area contributed by atoms with Gasteiger partial charge in [-0.05, 0) is 37.4 Å². The van der Waals surface area contributed by atoms with E-state index in [1.807, 2.05) is 7.05 Å². The number of alkyl halides is 3. The number of likely N-dealkylation sites (N-methyl/N-ethyl adjacent to an activating group) is 1. The second-order valence-corrected chi connectivity index (χ2v) is 11.7. The maximum atomic E-state index is 13.1. The fourth-order valence-electron chi connectivity index (χ4n) is 4.45. The minimum Gasteiger partial charge on any atom is -0.460 e. The molecule has 0 radical (unpaired) electrons. The Labute approximate surface area is 333 Å². The largest absolute Gasteiger partial charge is 0.460 e. The van der Waals surface area contributed by atoms with E-state index in [4.69, 9.17) is 56.8 Å². The molecule has 0 spiro atoms. The lowest BCUT2D eigenvalue weighted by atomic mass is 10.1. The molecule has 0 bridgehead atoms. The predicted molar refractivity (Wildman–Crippen MR) is 204 cm³/mol. The van der Waals surface area contributed by atoms with Crippen LogP contribution in [0.3, 0.4) is 0 Å². The summed E-state index contributed by atoms with van der Waals surface area (Å²) in [6, 6.07) is 11.1. The van der Waals surface area contributed by atoms with Crippen LogP contribution >= 0.6 is 0 Å². The third-order valence-corrected chi connectivity index (χ3v) is 7.29. The average Bonchev–Trinajstić information content (AvgIpc) is 3.20. The molecule has 2 rings (SSSR count). The van der Waals surface area contributed by atoms with Gasteiger partial charge in [0.15, 0.2) is 0 Å². The number of hydrogen-bond donors (Lipinski definition) is 2. The molecule has 0 fully saturated rings. The minimum absolute atomic E-state index is 0.00339. The van der Waals surface area contributed by atoms with Crippen molar-refractivity contribution in [3.8, 4) is 0 Å². The predicted octanol–water partition coefficient (Wildman–Crippen LogP) is 4.01. The quantitative estimate of drug-likeness (QED) is 0.0738. The van der Waals surface area contributed by atoms with Crippen molar-refractivity contribution in [1.82, 2.24) is 5.32 Å². The van der Waals surface area contributed by atoms with E-state index in [0.717, 1.165) is 18.7 Å². The smallest absolute Gasteiger partial charge is 0.416 e. The summed E-state index contributed by atoms with van der Waals surface area (Å²) >= 11 is 0. The lowest BCUT2D eigenvalue weighted by Crippen LogP contribution is -2.17. The standard InChI is InChI=1S/C39H61F3N2O13/c1-43-9-10-46-11-12-47-13-14-48-15-16-49-17-18-50-19-20-51-21-22-52-23-24-53-25-26-54-27-28-55-29-30-56-31-32-57-38(45)36-7-2-3-8-37(36)44-35-6-4-5-34(33-35)39(40,41)42/h2-8,33,43-44H,9-32H2,1H3. The Balaban J connectivity index is 1.26. The van der Waals surface area contributed by atoms with Crippen LogP contribution in [0.25, 0.3) is 0 Å². The average molecular weight is 823 g/mol. The number of rotatable bonds is 39. The molecule has 0 saturated carbocycles. The Morgan fingerprint density at radius 3 is 1.25 bits per heavy atom. The van der Waals surface area contributed by atoms with Gasteiger partial charge in [-0.2, -0.15) is 13.2 Å². The Morgan fingerprint density at radius 1 is 0.491 bits per heavy atom. The van der Waals surface area contributed by atoms with Gasteiger partial charge in [0.2, 0.25) is 0 Å². The van der Waals surface area contributed by atoms with E-state index >= 15 is 0 Å². The van der Waals surface area contributed by atoms with Crippen LogP contribution in [-0.4, -0.2) is 172 Å². The van der Waals surface area contributed by atoms with Gasteiger partial charge in [0.05, 0.1) is 162 Å². The number of benzene rings is 2. The summed E-state index contributed by atoms with van der Waals surface area (Å²) < 4.78 is 104. The van der Waals surface area contributed by atoms with Crippen LogP contribution in [0.4, 0.5) is 24.5 Å². The first-order valence-electron chi connectivity index (χ1n) is 19.1. The molecule has 0 aliphatic carbocycles. The second-order valence-electron chi connectivity index (χ2n) is 11.7. The van der Waals surface area contributed by atoms with Crippen LogP contribution in [0.15, 0.2) is 48.5 Å². The Morgan fingerprint density at radius 2 is 0.860 bits per heavy atom. The molecular formula is C39H61F3N2O13. The Kier molecular flexibility index (Phi) is 30.8. The Hall–Kier alpha value is -2.98. The fraction of sp³-hybridized carbons (Fsp3) is 0.667. The highest BCUT2D eigenvalue weighted by molar-refractivity contribution is 5.96. The topological polar surface area (TPSA) is 152 Å². The first-order chi connectivity index (χ1) is 27.9. The molecule has 2 N–H and O–H groups in total. The van der Waals surface area contributed by atoms with Crippen LogP contribution in [0.1, 0.15) is 15.9 Å². The number of carbonyl (C=O) groups is 1. The van der Waals surface area contributed by atoms with E-state index in [1.165, 1.54) is 18.2 Å². The Bertz CT molecular complexity index is 1250. The van der Waals surface area contributed by atoms with Gasteiger partial charge in [-0.15, -0.1) is 0 Å². The maximum Gasteiger partial charge on any atom is 0.416 e. The second kappa shape index (κ2) is 35.0. The summed E-state index contributed by atoms with van der Waals surface area (Å²) in [5.41, 5.74) is -0.0945. The molecule has 0 heterocycles. The van der Waals surface area contributed by atoms with E-state index < -0.39 is 17.7 Å². The normalized spacial score (nSPS) is 11.6. The highest BCUT2D eigenvalue weighted by atomic mass is 19.4. The molecule has 2 aromatic rings. The molecule has 0 aromatic heterocycles. The van der Waals surface area contributed by atoms with Gasteiger partial charge < -0.3 is 67.5 Å². The SMILES string of the molecule is CNCCOCCOCCOCCOCCOCCOCCOCCOCCOCCOCCOCCOC(=O)c1ccccc1Nc1cccc(C(F)(F)F)c1. The summed E-state index contributed by atoms with van der Waals surface area (Å²) in [7, 11) is 1.89. The van der Waals surface area contributed by atoms with Crippen LogP contribution in [0.5, 0.6) is 0 Å². The monoisotopic (exact) mass is 822 g/mol. The van der Waals surface area contributed by atoms with Crippen LogP contribution in [0, 0.1) is 0 Å². The van der Waals surface area contributed by atoms with E-state index in [0.29, 0.717) is 144 Å². The number of para-hydroxylation sites is 1. The van der Waals surface area contributed by atoms with E-state index in [-0.39, 0.29) is 24.5 Å². The highest BCUT2D eigenvalue weighted by Gasteiger charge is 2.30. The van der Waals surface area contributed by atoms with Crippen molar-refractivity contribution < 1.29 is 74.8 Å². The van der Waals surface area contributed by atoms with Crippen LogP contribution in [0.2, 0.25) is 0 Å². The number of hydrogen-bond acceptors (Lipinski definition) is 15. The molecule has 326 valence electrons. The molecule has 0 unspecified atom stereocenters. The molecular weight excluding hydrogens is 761 g/mol. The summed E-state index contributed by atoms with van der Waals surface area (Å²) in [6.07, 6.45) is -4.48. The summed E-state index contributed by atoms with van der Waals surface area (Å²) in [6.45, 7) is 10.9. The van der Waals surface area contributed by atoms with Gasteiger partial charge >= 0.3 is 12.1 Å². The molecule has 0 atom stereocenters. The van der Waals surface area contributed by atoms with E-state index in [1.54, 1.807) is 18.2 Å². The summed E-state index contributed by atoms with van der Waals surface area (Å²) in [4.78, 5) is 12.6. The lowest BCUT2D eigenvalue weighted by molar-refractivity contribution is -0.137. The zero-order chi connectivity index (χ0) is 40.9. The summed E-state index contributed by atoms with van der Waals surface area (Å²) in [5.74, 6) is -0.630. The third-order valence-electron chi connectivity index (χ3n) is 7.29. The van der Waals surface area contributed by atoms with Gasteiger partial charge in [0.25, 0.3) is 0 Å². The van der Waals surface area contributed by atoms with Crippen molar-refractivity contribution in [3.63, 3.8) is 0 Å². The number of nitrogens with one attached hydrogen (secondary N) is 2. The molecule has 0 aliphatic rings. The van der Waals surface area contributed by atoms with Crippen molar-refractivity contribution in [2.75, 3.05) is 171 Å². The third kappa shape index (κ3) is 28.1. The van der Waals surface area contributed by atoms with E-state index in [2.05, 4.69) is 10.6 Å². The highest BCUT2D eigenvalue weighted by Crippen LogP contribution is 2.32. The maximum absolute atomic E-state index is 13.1. The van der Waals surface area contributed by atoms with Gasteiger partial charge in [-0.3, -0.25) is 0 Å². The van der Waals surface area contributed by atoms with Crippen molar-refractivity contribution in [2.24, 2.45) is 0 Å². The van der Waals surface area contributed by atoms with Crippen molar-refractivity contribution >= 4 is 17.3 Å².